The molecule has 98 valence electrons. The summed E-state index contributed by atoms with van der Waals surface area (Å²) in [6.45, 7) is 5.14. The van der Waals surface area contributed by atoms with Crippen LogP contribution in [0.3, 0.4) is 0 Å². The summed E-state index contributed by atoms with van der Waals surface area (Å²) in [5.74, 6) is -0.0378. The lowest BCUT2D eigenvalue weighted by molar-refractivity contribution is -0.142. The van der Waals surface area contributed by atoms with Gasteiger partial charge in [-0.2, -0.15) is 0 Å². The van der Waals surface area contributed by atoms with Crippen LogP contribution >= 0.6 is 0 Å². The molecule has 0 saturated heterocycles. The van der Waals surface area contributed by atoms with E-state index in [1.807, 2.05) is 20.8 Å². The number of ketones is 1. The van der Waals surface area contributed by atoms with Crippen molar-refractivity contribution in [2.45, 2.75) is 45.3 Å². The molecule has 4 heteroatoms. The fourth-order valence-corrected chi connectivity index (χ4v) is 2.58. The summed E-state index contributed by atoms with van der Waals surface area (Å²) >= 11 is 0. The fraction of sp³-hybridized carbons (Fsp3) is 0.769. The summed E-state index contributed by atoms with van der Waals surface area (Å²) in [4.78, 5) is 11.5. The van der Waals surface area contributed by atoms with Gasteiger partial charge in [-0.3, -0.25) is 4.79 Å². The number of hydrogen-bond acceptors (Lipinski definition) is 4. The van der Waals surface area contributed by atoms with Crippen molar-refractivity contribution >= 4 is 5.78 Å². The highest BCUT2D eigenvalue weighted by atomic mass is 16.3. The van der Waals surface area contributed by atoms with E-state index >= 15 is 0 Å². The molecule has 3 atom stereocenters. The molecule has 1 rings (SSSR count). The third-order valence-electron chi connectivity index (χ3n) is 3.77. The van der Waals surface area contributed by atoms with E-state index < -0.39 is 17.1 Å². The Morgan fingerprint density at radius 3 is 2.59 bits per heavy atom. The number of carbonyl (C=O) groups is 1. The van der Waals surface area contributed by atoms with Gasteiger partial charge in [0, 0.05) is 18.3 Å². The summed E-state index contributed by atoms with van der Waals surface area (Å²) in [6.07, 6.45) is 2.63. The molecule has 0 aliphatic heterocycles. The highest BCUT2D eigenvalue weighted by molar-refractivity contribution is 5.81. The summed E-state index contributed by atoms with van der Waals surface area (Å²) in [6, 6.07) is 0. The highest BCUT2D eigenvalue weighted by Crippen LogP contribution is 2.46. The second-order valence-electron chi connectivity index (χ2n) is 5.64. The predicted molar refractivity (Wildman–Crippen MR) is 64.4 cm³/mol. The molecule has 0 aromatic carbocycles. The maximum Gasteiger partial charge on any atom is 0.133 e. The smallest absolute Gasteiger partial charge is 0.133 e. The van der Waals surface area contributed by atoms with E-state index in [0.29, 0.717) is 12.8 Å². The van der Waals surface area contributed by atoms with Gasteiger partial charge in [-0.05, 0) is 5.92 Å². The average Bonchev–Trinajstić information content (AvgIpc) is 2.22. The van der Waals surface area contributed by atoms with E-state index in [-0.39, 0.29) is 18.3 Å². The van der Waals surface area contributed by atoms with Crippen LogP contribution < -0.4 is 0 Å². The Hall–Kier alpha value is -0.710. The SMILES string of the molecule is CC1CC(=O)CC(C)(C)C1(O)C=CC(O)CO. The Labute approximate surface area is 102 Å². The zero-order chi connectivity index (χ0) is 13.3. The lowest BCUT2D eigenvalue weighted by Crippen LogP contribution is -2.53. The first kappa shape index (κ1) is 14.4. The monoisotopic (exact) mass is 242 g/mol. The predicted octanol–water partition coefficient (Wildman–Crippen LogP) is 0.652. The van der Waals surface area contributed by atoms with Gasteiger partial charge in [-0.1, -0.05) is 32.9 Å². The van der Waals surface area contributed by atoms with Gasteiger partial charge in [-0.25, -0.2) is 0 Å². The third kappa shape index (κ3) is 2.76. The maximum atomic E-state index is 11.5. The molecule has 0 heterocycles. The number of carbonyl (C=O) groups excluding carboxylic acids is 1. The topological polar surface area (TPSA) is 77.8 Å². The van der Waals surface area contributed by atoms with Gasteiger partial charge >= 0.3 is 0 Å². The molecule has 1 fully saturated rings. The Morgan fingerprint density at radius 1 is 1.53 bits per heavy atom. The first-order valence-corrected chi connectivity index (χ1v) is 5.95. The van der Waals surface area contributed by atoms with Crippen molar-refractivity contribution in [3.63, 3.8) is 0 Å². The van der Waals surface area contributed by atoms with Gasteiger partial charge in [0.15, 0.2) is 0 Å². The van der Waals surface area contributed by atoms with Crippen LogP contribution in [0.5, 0.6) is 0 Å². The minimum absolute atomic E-state index is 0.156. The Bertz CT molecular complexity index is 321. The minimum atomic E-state index is -1.13. The van der Waals surface area contributed by atoms with Gasteiger partial charge in [0.05, 0.1) is 18.3 Å². The van der Waals surface area contributed by atoms with Crippen molar-refractivity contribution in [2.75, 3.05) is 6.61 Å². The largest absolute Gasteiger partial charge is 0.393 e. The van der Waals surface area contributed by atoms with Crippen LogP contribution in [0.2, 0.25) is 0 Å². The van der Waals surface area contributed by atoms with Gasteiger partial charge in [-0.15, -0.1) is 0 Å². The second kappa shape index (κ2) is 4.88. The number of rotatable bonds is 3. The molecule has 0 aromatic heterocycles. The summed E-state index contributed by atoms with van der Waals surface area (Å²) in [7, 11) is 0. The Balaban J connectivity index is 2.98. The number of aliphatic hydroxyl groups is 3. The molecule has 0 bridgehead atoms. The normalized spacial score (nSPS) is 35.2. The van der Waals surface area contributed by atoms with E-state index in [1.165, 1.54) is 12.2 Å². The van der Waals surface area contributed by atoms with Crippen molar-refractivity contribution in [3.05, 3.63) is 12.2 Å². The van der Waals surface area contributed by atoms with Gasteiger partial charge in [0.2, 0.25) is 0 Å². The van der Waals surface area contributed by atoms with Gasteiger partial charge in [0.25, 0.3) is 0 Å². The van der Waals surface area contributed by atoms with Crippen LogP contribution in [0.1, 0.15) is 33.6 Å². The molecule has 1 aliphatic rings. The summed E-state index contributed by atoms with van der Waals surface area (Å²) in [5.41, 5.74) is -1.69. The molecule has 1 aliphatic carbocycles. The van der Waals surface area contributed by atoms with Crippen LogP contribution in [0.15, 0.2) is 12.2 Å². The van der Waals surface area contributed by atoms with Crippen molar-refractivity contribution in [1.82, 2.24) is 0 Å². The van der Waals surface area contributed by atoms with E-state index in [2.05, 4.69) is 0 Å². The van der Waals surface area contributed by atoms with Crippen molar-refractivity contribution < 1.29 is 20.1 Å². The molecule has 3 unspecified atom stereocenters. The van der Waals surface area contributed by atoms with Crippen molar-refractivity contribution in [2.24, 2.45) is 11.3 Å². The maximum absolute atomic E-state index is 11.5. The van der Waals surface area contributed by atoms with E-state index in [4.69, 9.17) is 5.11 Å². The molecule has 0 amide bonds. The molecular formula is C13H22O4. The molecule has 4 nitrogen and oxygen atoms in total. The average molecular weight is 242 g/mol. The van der Waals surface area contributed by atoms with Gasteiger partial charge < -0.3 is 15.3 Å². The van der Waals surface area contributed by atoms with E-state index in [9.17, 15) is 15.0 Å². The molecule has 17 heavy (non-hydrogen) atoms. The minimum Gasteiger partial charge on any atom is -0.393 e. The Morgan fingerprint density at radius 2 is 2.12 bits per heavy atom. The zero-order valence-electron chi connectivity index (χ0n) is 10.7. The van der Waals surface area contributed by atoms with Crippen LogP contribution in [0, 0.1) is 11.3 Å². The third-order valence-corrected chi connectivity index (χ3v) is 3.77. The molecule has 0 radical (unpaired) electrons. The van der Waals surface area contributed by atoms with E-state index in [1.54, 1.807) is 0 Å². The van der Waals surface area contributed by atoms with E-state index in [0.717, 1.165) is 0 Å². The zero-order valence-corrected chi connectivity index (χ0v) is 10.7. The second-order valence-corrected chi connectivity index (χ2v) is 5.64. The standard InChI is InChI=1S/C13H22O4/c1-9-6-11(16)7-12(2,3)13(9,17)5-4-10(15)8-14/h4-5,9-10,14-15,17H,6-8H2,1-3H3. The van der Waals surface area contributed by atoms with Crippen LogP contribution in [-0.2, 0) is 4.79 Å². The highest BCUT2D eigenvalue weighted by Gasteiger charge is 2.50. The first-order chi connectivity index (χ1) is 7.73. The number of Topliss-reactive ketones (excluding diaryl/α,β-unsaturated/α-hetero) is 1. The van der Waals surface area contributed by atoms with Crippen molar-refractivity contribution in [1.29, 1.82) is 0 Å². The Kier molecular flexibility index (Phi) is 4.12. The lowest BCUT2D eigenvalue weighted by Gasteiger charge is -2.48. The van der Waals surface area contributed by atoms with Crippen molar-refractivity contribution in [3.8, 4) is 0 Å². The first-order valence-electron chi connectivity index (χ1n) is 5.95. The quantitative estimate of drug-likeness (QED) is 0.635. The molecule has 1 saturated carbocycles. The fourth-order valence-electron chi connectivity index (χ4n) is 2.58. The number of hydrogen-bond donors (Lipinski definition) is 3. The summed E-state index contributed by atoms with van der Waals surface area (Å²) < 4.78 is 0. The molecule has 3 N–H and O–H groups in total. The van der Waals surface area contributed by atoms with Crippen LogP contribution in [0.25, 0.3) is 0 Å². The van der Waals surface area contributed by atoms with Crippen LogP contribution in [-0.4, -0.2) is 39.4 Å². The van der Waals surface area contributed by atoms with Gasteiger partial charge in [0.1, 0.15) is 5.78 Å². The summed E-state index contributed by atoms with van der Waals surface area (Å²) in [5, 5.41) is 28.7. The molecular weight excluding hydrogens is 220 g/mol. The number of aliphatic hydroxyl groups excluding tert-OH is 2. The van der Waals surface area contributed by atoms with Crippen LogP contribution in [0.4, 0.5) is 0 Å². The molecule has 0 aromatic rings. The lowest BCUT2D eigenvalue weighted by atomic mass is 9.60. The molecule has 0 spiro atoms.